The fourth-order valence-corrected chi connectivity index (χ4v) is 2.51. The largest absolute Gasteiger partial charge is 0.346 e. The molecule has 0 aliphatic rings. The molecule has 0 atom stereocenters. The second kappa shape index (κ2) is 5.67. The second-order valence-corrected chi connectivity index (χ2v) is 5.11. The third-order valence-corrected chi connectivity index (χ3v) is 3.44. The Hall–Kier alpha value is -0.840. The van der Waals surface area contributed by atoms with Crippen molar-refractivity contribution >= 4 is 26.8 Å². The zero-order valence-corrected chi connectivity index (χ0v) is 11.4. The van der Waals surface area contributed by atoms with Gasteiger partial charge in [0.15, 0.2) is 0 Å². The average Bonchev–Trinajstić information content (AvgIpc) is 2.65. The fourth-order valence-electron chi connectivity index (χ4n) is 2.16. The first-order chi connectivity index (χ1) is 8.26. The maximum absolute atomic E-state index is 5.65. The molecular weight excluding hydrogens is 278 g/mol. The molecule has 1 aromatic carbocycles. The summed E-state index contributed by atoms with van der Waals surface area (Å²) in [5, 5.41) is 1.31. The average molecular weight is 296 g/mol. The Morgan fingerprint density at radius 1 is 1.18 bits per heavy atom. The van der Waals surface area contributed by atoms with Crippen LogP contribution >= 0.6 is 15.9 Å². The molecule has 1 heterocycles. The summed E-state index contributed by atoms with van der Waals surface area (Å²) in [6.07, 6.45) is 4.27. The number of hydrogen-bond acceptors (Lipinski definition) is 2. The fraction of sp³-hybridized carbons (Fsp3) is 0.385. The van der Waals surface area contributed by atoms with Gasteiger partial charge >= 0.3 is 0 Å². The molecule has 0 fully saturated rings. The molecule has 0 spiro atoms. The predicted molar refractivity (Wildman–Crippen MR) is 76.1 cm³/mol. The zero-order valence-electron chi connectivity index (χ0n) is 9.82. The van der Waals surface area contributed by atoms with Crippen molar-refractivity contribution in [2.45, 2.75) is 19.4 Å². The lowest BCUT2D eigenvalue weighted by Crippen LogP contribution is -2.08. The number of fused-ring (bicyclic) bond motifs is 1. The van der Waals surface area contributed by atoms with Gasteiger partial charge in [0.1, 0.15) is 0 Å². The standard InChI is InChI=1S/C13H18BrN3/c14-11-3-4-12-10(2-1-5-15)9-17(7-6-16)13(12)8-11/h3-4,8-9H,1-2,5-7,15-16H2. The van der Waals surface area contributed by atoms with Gasteiger partial charge in [-0.25, -0.2) is 0 Å². The van der Waals surface area contributed by atoms with Crippen molar-refractivity contribution in [3.05, 3.63) is 34.4 Å². The smallest absolute Gasteiger partial charge is 0.0494 e. The van der Waals surface area contributed by atoms with Crippen LogP contribution in [0.3, 0.4) is 0 Å². The van der Waals surface area contributed by atoms with E-state index in [4.69, 9.17) is 11.5 Å². The van der Waals surface area contributed by atoms with Crippen LogP contribution in [-0.2, 0) is 13.0 Å². The highest BCUT2D eigenvalue weighted by Gasteiger charge is 2.08. The first-order valence-electron chi connectivity index (χ1n) is 5.93. The van der Waals surface area contributed by atoms with Crippen LogP contribution in [0.2, 0.25) is 0 Å². The maximum atomic E-state index is 5.65. The van der Waals surface area contributed by atoms with Crippen molar-refractivity contribution in [1.82, 2.24) is 4.57 Å². The van der Waals surface area contributed by atoms with E-state index >= 15 is 0 Å². The van der Waals surface area contributed by atoms with E-state index in [2.05, 4.69) is 44.9 Å². The molecule has 0 amide bonds. The van der Waals surface area contributed by atoms with Crippen LogP contribution in [0.15, 0.2) is 28.9 Å². The van der Waals surface area contributed by atoms with Crippen molar-refractivity contribution < 1.29 is 0 Å². The summed E-state index contributed by atoms with van der Waals surface area (Å²) in [5.74, 6) is 0. The first kappa shape index (κ1) is 12.6. The normalized spacial score (nSPS) is 11.2. The number of aryl methyl sites for hydroxylation is 1. The molecule has 0 bridgehead atoms. The molecule has 0 aliphatic carbocycles. The summed E-state index contributed by atoms with van der Waals surface area (Å²) in [6.45, 7) is 2.25. The van der Waals surface area contributed by atoms with Crippen LogP contribution < -0.4 is 11.5 Å². The van der Waals surface area contributed by atoms with E-state index in [0.717, 1.165) is 30.4 Å². The SMILES string of the molecule is NCCCc1cn(CCN)c2cc(Br)ccc12. The van der Waals surface area contributed by atoms with Gasteiger partial charge in [0, 0.05) is 34.7 Å². The third kappa shape index (κ3) is 2.70. The van der Waals surface area contributed by atoms with Crippen LogP contribution in [0.25, 0.3) is 10.9 Å². The van der Waals surface area contributed by atoms with Gasteiger partial charge < -0.3 is 16.0 Å². The molecule has 0 unspecified atom stereocenters. The number of benzene rings is 1. The maximum Gasteiger partial charge on any atom is 0.0494 e. The van der Waals surface area contributed by atoms with Crippen LogP contribution in [0.5, 0.6) is 0 Å². The summed E-state index contributed by atoms with van der Waals surface area (Å²) >= 11 is 3.52. The van der Waals surface area contributed by atoms with E-state index in [1.807, 2.05) is 0 Å². The van der Waals surface area contributed by atoms with Crippen LogP contribution in [0.4, 0.5) is 0 Å². The Labute approximate surface area is 110 Å². The summed E-state index contributed by atoms with van der Waals surface area (Å²) in [7, 11) is 0. The summed E-state index contributed by atoms with van der Waals surface area (Å²) in [4.78, 5) is 0. The van der Waals surface area contributed by atoms with Crippen molar-refractivity contribution in [3.63, 3.8) is 0 Å². The Morgan fingerprint density at radius 3 is 2.71 bits per heavy atom. The van der Waals surface area contributed by atoms with E-state index in [-0.39, 0.29) is 0 Å². The number of nitrogens with two attached hydrogens (primary N) is 2. The van der Waals surface area contributed by atoms with Gasteiger partial charge in [0.05, 0.1) is 0 Å². The Kier molecular flexibility index (Phi) is 4.20. The van der Waals surface area contributed by atoms with E-state index in [1.165, 1.54) is 16.5 Å². The number of aromatic nitrogens is 1. The van der Waals surface area contributed by atoms with E-state index < -0.39 is 0 Å². The van der Waals surface area contributed by atoms with Gasteiger partial charge in [-0.15, -0.1) is 0 Å². The molecular formula is C13H18BrN3. The van der Waals surface area contributed by atoms with Gasteiger partial charge in [0.25, 0.3) is 0 Å². The predicted octanol–water partition coefficient (Wildman–Crippen LogP) is 2.25. The van der Waals surface area contributed by atoms with Crippen molar-refractivity contribution in [1.29, 1.82) is 0 Å². The lowest BCUT2D eigenvalue weighted by Gasteiger charge is -2.02. The second-order valence-electron chi connectivity index (χ2n) is 4.19. The molecule has 3 nitrogen and oxygen atoms in total. The number of hydrogen-bond donors (Lipinski definition) is 2. The molecule has 0 radical (unpaired) electrons. The van der Waals surface area contributed by atoms with Crippen LogP contribution in [0, 0.1) is 0 Å². The molecule has 0 saturated heterocycles. The molecule has 2 rings (SSSR count). The molecule has 17 heavy (non-hydrogen) atoms. The van der Waals surface area contributed by atoms with Crippen molar-refractivity contribution in [2.24, 2.45) is 11.5 Å². The van der Waals surface area contributed by atoms with Gasteiger partial charge in [-0.05, 0) is 37.1 Å². The van der Waals surface area contributed by atoms with E-state index in [9.17, 15) is 0 Å². The van der Waals surface area contributed by atoms with Gasteiger partial charge in [-0.3, -0.25) is 0 Å². The summed E-state index contributed by atoms with van der Waals surface area (Å²) < 4.78 is 3.33. The Balaban J connectivity index is 2.46. The lowest BCUT2D eigenvalue weighted by atomic mass is 10.1. The Morgan fingerprint density at radius 2 is 2.00 bits per heavy atom. The monoisotopic (exact) mass is 295 g/mol. The topological polar surface area (TPSA) is 57.0 Å². The minimum Gasteiger partial charge on any atom is -0.346 e. The van der Waals surface area contributed by atoms with Gasteiger partial charge in [0.2, 0.25) is 0 Å². The highest BCUT2D eigenvalue weighted by Crippen LogP contribution is 2.25. The van der Waals surface area contributed by atoms with Gasteiger partial charge in [-0.2, -0.15) is 0 Å². The first-order valence-corrected chi connectivity index (χ1v) is 6.73. The third-order valence-electron chi connectivity index (χ3n) is 2.95. The summed E-state index contributed by atoms with van der Waals surface area (Å²) in [6, 6.07) is 6.40. The quantitative estimate of drug-likeness (QED) is 0.889. The molecule has 0 saturated carbocycles. The molecule has 0 aliphatic heterocycles. The van der Waals surface area contributed by atoms with E-state index in [1.54, 1.807) is 0 Å². The molecule has 4 heteroatoms. The molecule has 2 aromatic rings. The van der Waals surface area contributed by atoms with Crippen LogP contribution in [-0.4, -0.2) is 17.7 Å². The highest BCUT2D eigenvalue weighted by atomic mass is 79.9. The highest BCUT2D eigenvalue weighted by molar-refractivity contribution is 9.10. The minimum atomic E-state index is 0.659. The number of halogens is 1. The van der Waals surface area contributed by atoms with Crippen LogP contribution in [0.1, 0.15) is 12.0 Å². The van der Waals surface area contributed by atoms with Crippen molar-refractivity contribution in [3.8, 4) is 0 Å². The van der Waals surface area contributed by atoms with E-state index in [0.29, 0.717) is 6.54 Å². The van der Waals surface area contributed by atoms with Crippen molar-refractivity contribution in [2.75, 3.05) is 13.1 Å². The lowest BCUT2D eigenvalue weighted by molar-refractivity contribution is 0.729. The zero-order chi connectivity index (χ0) is 12.3. The number of rotatable bonds is 5. The molecule has 92 valence electrons. The Bertz CT molecular complexity index is 505. The summed E-state index contributed by atoms with van der Waals surface area (Å²) in [5.41, 5.74) is 13.8. The molecule has 4 N–H and O–H groups in total. The van der Waals surface area contributed by atoms with Gasteiger partial charge in [-0.1, -0.05) is 22.0 Å². The minimum absolute atomic E-state index is 0.659. The molecule has 1 aromatic heterocycles. The number of nitrogens with zero attached hydrogens (tertiary/aromatic N) is 1.